The topological polar surface area (TPSA) is 100 Å². The number of hydrogen-bond donors (Lipinski definition) is 3. The molecule has 1 aromatic heterocycles. The van der Waals surface area contributed by atoms with Crippen molar-refractivity contribution in [2.45, 2.75) is 51.1 Å². The summed E-state index contributed by atoms with van der Waals surface area (Å²) in [4.78, 5) is 31.6. The van der Waals surface area contributed by atoms with Crippen LogP contribution in [0.25, 0.3) is 0 Å². The first-order chi connectivity index (χ1) is 16.3. The van der Waals surface area contributed by atoms with Gasteiger partial charge in [-0.05, 0) is 55.1 Å². The third kappa shape index (κ3) is 8.06. The lowest BCUT2D eigenvalue weighted by atomic mass is 9.89. The number of nitrogens with zero attached hydrogens (tertiary/aromatic N) is 2. The molecule has 184 valence electrons. The summed E-state index contributed by atoms with van der Waals surface area (Å²) < 4.78 is 27.0. The molecule has 1 aliphatic rings. The molecule has 1 atom stereocenters. The Morgan fingerprint density at radius 1 is 1.12 bits per heavy atom. The van der Waals surface area contributed by atoms with Crippen LogP contribution < -0.4 is 16.4 Å². The maximum absolute atomic E-state index is 13.7. The maximum Gasteiger partial charge on any atom is 0.243 e. The van der Waals surface area contributed by atoms with Gasteiger partial charge in [0.25, 0.3) is 0 Å². The lowest BCUT2D eigenvalue weighted by molar-refractivity contribution is -0.129. The van der Waals surface area contributed by atoms with Crippen molar-refractivity contribution in [2.75, 3.05) is 25.9 Å². The molecule has 0 aliphatic heterocycles. The standard InChI is InChI=1S/C25H33F2N5O2/c1-32(15-17-5-3-2-4-6-17)16-24(33)31-22(12-18-7-9-20(26)21(27)11-18)25(34)30-14-19-8-10-23(28)29-13-19/h7-11,13,17,22H,2-6,12,14-16H2,1H3,(H2,28,29)(H,30,34)(H,31,33). The van der Waals surface area contributed by atoms with Gasteiger partial charge in [0.05, 0.1) is 6.54 Å². The highest BCUT2D eigenvalue weighted by Crippen LogP contribution is 2.24. The van der Waals surface area contributed by atoms with Crippen LogP contribution in [0.2, 0.25) is 0 Å². The monoisotopic (exact) mass is 473 g/mol. The summed E-state index contributed by atoms with van der Waals surface area (Å²) in [6, 6.07) is 5.89. The van der Waals surface area contributed by atoms with E-state index in [2.05, 4.69) is 15.6 Å². The third-order valence-electron chi connectivity index (χ3n) is 6.10. The van der Waals surface area contributed by atoms with Crippen molar-refractivity contribution in [1.82, 2.24) is 20.5 Å². The molecule has 34 heavy (non-hydrogen) atoms. The van der Waals surface area contributed by atoms with E-state index in [9.17, 15) is 18.4 Å². The zero-order chi connectivity index (χ0) is 24.5. The number of anilines is 1. The zero-order valence-corrected chi connectivity index (χ0v) is 19.5. The Morgan fingerprint density at radius 2 is 1.85 bits per heavy atom. The second-order valence-corrected chi connectivity index (χ2v) is 9.08. The number of likely N-dealkylation sites (N-methyl/N-ethyl adjacent to an activating group) is 1. The van der Waals surface area contributed by atoms with E-state index in [1.165, 1.54) is 38.2 Å². The normalized spacial score (nSPS) is 15.2. The molecular formula is C25H33F2N5O2. The summed E-state index contributed by atoms with van der Waals surface area (Å²) >= 11 is 0. The van der Waals surface area contributed by atoms with Crippen molar-refractivity contribution < 1.29 is 18.4 Å². The van der Waals surface area contributed by atoms with Gasteiger partial charge in [-0.2, -0.15) is 0 Å². The van der Waals surface area contributed by atoms with E-state index in [0.717, 1.165) is 24.2 Å². The molecule has 0 saturated heterocycles. The number of nitrogens with two attached hydrogens (primary N) is 1. The number of aromatic nitrogens is 1. The van der Waals surface area contributed by atoms with E-state index in [-0.39, 0.29) is 25.4 Å². The lowest BCUT2D eigenvalue weighted by Crippen LogP contribution is -2.50. The fraction of sp³-hybridized carbons (Fsp3) is 0.480. The predicted molar refractivity (Wildman–Crippen MR) is 127 cm³/mol. The summed E-state index contributed by atoms with van der Waals surface area (Å²) in [7, 11) is 1.90. The Kier molecular flexibility index (Phi) is 9.33. The van der Waals surface area contributed by atoms with Crippen LogP contribution in [0.4, 0.5) is 14.6 Å². The minimum Gasteiger partial charge on any atom is -0.384 e. The maximum atomic E-state index is 13.7. The number of hydrogen-bond acceptors (Lipinski definition) is 5. The predicted octanol–water partition coefficient (Wildman–Crippen LogP) is 2.80. The number of amides is 2. The Labute approximate surface area is 199 Å². The summed E-state index contributed by atoms with van der Waals surface area (Å²) in [5.74, 6) is -1.73. The number of halogens is 2. The van der Waals surface area contributed by atoms with Gasteiger partial charge in [0.1, 0.15) is 11.9 Å². The Morgan fingerprint density at radius 3 is 2.53 bits per heavy atom. The van der Waals surface area contributed by atoms with Gasteiger partial charge in [0.2, 0.25) is 11.8 Å². The second-order valence-electron chi connectivity index (χ2n) is 9.08. The number of pyridine rings is 1. The SMILES string of the molecule is CN(CC(=O)NC(Cc1ccc(F)c(F)c1)C(=O)NCc1ccc(N)nc1)CC1CCCCC1. The molecule has 0 radical (unpaired) electrons. The van der Waals surface area contributed by atoms with Gasteiger partial charge in [0.15, 0.2) is 11.6 Å². The highest BCUT2D eigenvalue weighted by molar-refractivity contribution is 5.88. The molecule has 1 heterocycles. The van der Waals surface area contributed by atoms with Crippen molar-refractivity contribution >= 4 is 17.6 Å². The first-order valence-corrected chi connectivity index (χ1v) is 11.7. The van der Waals surface area contributed by atoms with Crippen LogP contribution in [0.15, 0.2) is 36.5 Å². The Balaban J connectivity index is 1.61. The van der Waals surface area contributed by atoms with E-state index < -0.39 is 23.6 Å². The van der Waals surface area contributed by atoms with E-state index in [4.69, 9.17) is 5.73 Å². The molecule has 1 saturated carbocycles. The van der Waals surface area contributed by atoms with E-state index in [1.54, 1.807) is 18.3 Å². The minimum absolute atomic E-state index is 0.0289. The molecule has 1 unspecified atom stereocenters. The van der Waals surface area contributed by atoms with Crippen LogP contribution in [0.1, 0.15) is 43.2 Å². The lowest BCUT2D eigenvalue weighted by Gasteiger charge is -2.27. The minimum atomic E-state index is -0.997. The van der Waals surface area contributed by atoms with Crippen molar-refractivity contribution in [3.63, 3.8) is 0 Å². The molecule has 2 amide bonds. The van der Waals surface area contributed by atoms with Crippen LogP contribution in [0, 0.1) is 17.6 Å². The summed E-state index contributed by atoms with van der Waals surface area (Å²) in [5, 5.41) is 5.54. The number of carbonyl (C=O) groups is 2. The molecule has 1 aromatic carbocycles. The molecule has 0 spiro atoms. The molecule has 1 aliphatic carbocycles. The summed E-state index contributed by atoms with van der Waals surface area (Å²) in [6.45, 7) is 1.18. The molecule has 3 rings (SSSR count). The fourth-order valence-corrected chi connectivity index (χ4v) is 4.32. The van der Waals surface area contributed by atoms with E-state index >= 15 is 0 Å². The first-order valence-electron chi connectivity index (χ1n) is 11.7. The average molecular weight is 474 g/mol. The van der Waals surface area contributed by atoms with Crippen LogP contribution in [0.3, 0.4) is 0 Å². The highest BCUT2D eigenvalue weighted by Gasteiger charge is 2.23. The molecular weight excluding hydrogens is 440 g/mol. The fourth-order valence-electron chi connectivity index (χ4n) is 4.32. The summed E-state index contributed by atoms with van der Waals surface area (Å²) in [5.41, 5.74) is 6.74. The summed E-state index contributed by atoms with van der Waals surface area (Å²) in [6.07, 6.45) is 7.66. The smallest absolute Gasteiger partial charge is 0.243 e. The van der Waals surface area contributed by atoms with Gasteiger partial charge in [0, 0.05) is 25.7 Å². The van der Waals surface area contributed by atoms with E-state index in [0.29, 0.717) is 17.3 Å². The van der Waals surface area contributed by atoms with Gasteiger partial charge in [-0.1, -0.05) is 31.4 Å². The number of benzene rings is 1. The Bertz CT molecular complexity index is 964. The number of nitrogens with one attached hydrogen (secondary N) is 2. The average Bonchev–Trinajstić information content (AvgIpc) is 2.81. The van der Waals surface area contributed by atoms with Gasteiger partial charge in [-0.3, -0.25) is 14.5 Å². The van der Waals surface area contributed by atoms with Crippen molar-refractivity contribution in [3.05, 3.63) is 59.3 Å². The molecule has 4 N–H and O–H groups in total. The third-order valence-corrected chi connectivity index (χ3v) is 6.10. The molecule has 1 fully saturated rings. The van der Waals surface area contributed by atoms with E-state index in [1.807, 2.05) is 11.9 Å². The number of nitrogen functional groups attached to an aromatic ring is 1. The molecule has 9 heteroatoms. The largest absolute Gasteiger partial charge is 0.384 e. The van der Waals surface area contributed by atoms with Crippen LogP contribution in [-0.4, -0.2) is 47.9 Å². The first kappa shape index (κ1) is 25.6. The van der Waals surface area contributed by atoms with Crippen molar-refractivity contribution in [1.29, 1.82) is 0 Å². The van der Waals surface area contributed by atoms with Crippen molar-refractivity contribution in [2.24, 2.45) is 5.92 Å². The van der Waals surface area contributed by atoms with Gasteiger partial charge < -0.3 is 16.4 Å². The number of carbonyl (C=O) groups excluding carboxylic acids is 2. The zero-order valence-electron chi connectivity index (χ0n) is 19.5. The van der Waals surface area contributed by atoms with Crippen LogP contribution >= 0.6 is 0 Å². The van der Waals surface area contributed by atoms with Gasteiger partial charge in [-0.15, -0.1) is 0 Å². The van der Waals surface area contributed by atoms with Gasteiger partial charge in [-0.25, -0.2) is 13.8 Å². The van der Waals surface area contributed by atoms with Gasteiger partial charge >= 0.3 is 0 Å². The molecule has 2 aromatic rings. The second kappa shape index (κ2) is 12.4. The molecule has 0 bridgehead atoms. The molecule has 7 nitrogen and oxygen atoms in total. The highest BCUT2D eigenvalue weighted by atomic mass is 19.2. The Hall–Kier alpha value is -3.07. The van der Waals surface area contributed by atoms with Crippen LogP contribution in [0.5, 0.6) is 0 Å². The number of rotatable bonds is 10. The quantitative estimate of drug-likeness (QED) is 0.493. The van der Waals surface area contributed by atoms with Crippen LogP contribution in [-0.2, 0) is 22.6 Å². The van der Waals surface area contributed by atoms with Crippen molar-refractivity contribution in [3.8, 4) is 0 Å².